The lowest BCUT2D eigenvalue weighted by Gasteiger charge is -2.15. The number of H-pyrrole nitrogens is 1. The van der Waals surface area contributed by atoms with Crippen LogP contribution in [0.2, 0.25) is 0 Å². The Morgan fingerprint density at radius 3 is 2.48 bits per heavy atom. The summed E-state index contributed by atoms with van der Waals surface area (Å²) in [6.45, 7) is 7.38. The Bertz CT molecular complexity index is 540. The van der Waals surface area contributed by atoms with Crippen molar-refractivity contribution in [1.29, 1.82) is 0 Å². The summed E-state index contributed by atoms with van der Waals surface area (Å²) in [5.41, 5.74) is 9.52. The van der Waals surface area contributed by atoms with E-state index in [9.17, 15) is 0 Å². The lowest BCUT2D eigenvalue weighted by atomic mass is 9.94. The predicted molar refractivity (Wildman–Crippen MR) is 89.1 cm³/mol. The monoisotopic (exact) mass is 285 g/mol. The van der Waals surface area contributed by atoms with E-state index in [2.05, 4.69) is 55.0 Å². The molecule has 2 aromatic rings. The molecule has 0 aliphatic heterocycles. The zero-order valence-electron chi connectivity index (χ0n) is 13.4. The summed E-state index contributed by atoms with van der Waals surface area (Å²) in [5, 5.41) is 0. The van der Waals surface area contributed by atoms with Crippen molar-refractivity contribution in [1.82, 2.24) is 9.97 Å². The Kier molecular flexibility index (Phi) is 5.57. The van der Waals surface area contributed by atoms with Crippen LogP contribution in [-0.4, -0.2) is 16.5 Å². The first kappa shape index (κ1) is 15.8. The molecular weight excluding hydrogens is 258 g/mol. The van der Waals surface area contributed by atoms with Crippen molar-refractivity contribution in [3.05, 3.63) is 41.9 Å². The van der Waals surface area contributed by atoms with Crippen molar-refractivity contribution in [2.45, 2.75) is 40.0 Å². The maximum atomic E-state index is 5.88. The van der Waals surface area contributed by atoms with Crippen molar-refractivity contribution in [3.63, 3.8) is 0 Å². The van der Waals surface area contributed by atoms with Gasteiger partial charge in [0.05, 0.1) is 11.9 Å². The van der Waals surface area contributed by atoms with Crippen molar-refractivity contribution in [2.24, 2.45) is 17.6 Å². The van der Waals surface area contributed by atoms with Crippen molar-refractivity contribution in [2.75, 3.05) is 6.54 Å². The highest BCUT2D eigenvalue weighted by Crippen LogP contribution is 2.20. The molecule has 3 nitrogen and oxygen atoms in total. The molecule has 0 radical (unpaired) electrons. The fourth-order valence-electron chi connectivity index (χ4n) is 2.74. The van der Waals surface area contributed by atoms with Crippen LogP contribution in [0.3, 0.4) is 0 Å². The van der Waals surface area contributed by atoms with Crippen LogP contribution in [0.4, 0.5) is 0 Å². The number of rotatable bonds is 7. The summed E-state index contributed by atoms with van der Waals surface area (Å²) >= 11 is 0. The minimum atomic E-state index is 0.506. The third-order valence-corrected chi connectivity index (χ3v) is 3.92. The Balaban J connectivity index is 2.06. The standard InChI is InChI=1S/C18H27N3/c1-4-14-5-7-16(8-6-14)17-12-20-18(21-17)10-15(11-19)9-13(2)3/h5-8,12-13,15H,4,9-11,19H2,1-3H3,(H,20,21). The van der Waals surface area contributed by atoms with Gasteiger partial charge in [0.15, 0.2) is 0 Å². The molecule has 0 amide bonds. The highest BCUT2D eigenvalue weighted by Gasteiger charge is 2.12. The molecule has 0 bridgehead atoms. The van der Waals surface area contributed by atoms with Crippen LogP contribution in [0, 0.1) is 11.8 Å². The van der Waals surface area contributed by atoms with E-state index in [-0.39, 0.29) is 0 Å². The minimum Gasteiger partial charge on any atom is -0.342 e. The zero-order chi connectivity index (χ0) is 15.2. The minimum absolute atomic E-state index is 0.506. The number of hydrogen-bond donors (Lipinski definition) is 2. The second-order valence-electron chi connectivity index (χ2n) is 6.23. The molecule has 0 spiro atoms. The van der Waals surface area contributed by atoms with Gasteiger partial charge in [0.2, 0.25) is 0 Å². The maximum absolute atomic E-state index is 5.88. The highest BCUT2D eigenvalue weighted by atomic mass is 14.9. The predicted octanol–water partition coefficient (Wildman–Crippen LogP) is 3.80. The molecule has 114 valence electrons. The quantitative estimate of drug-likeness (QED) is 0.813. The van der Waals surface area contributed by atoms with Crippen molar-refractivity contribution >= 4 is 0 Å². The Hall–Kier alpha value is -1.61. The van der Waals surface area contributed by atoms with Gasteiger partial charge >= 0.3 is 0 Å². The highest BCUT2D eigenvalue weighted by molar-refractivity contribution is 5.58. The number of hydrogen-bond acceptors (Lipinski definition) is 2. The van der Waals surface area contributed by atoms with Crippen LogP contribution in [0.25, 0.3) is 11.3 Å². The molecule has 0 fully saturated rings. The van der Waals surface area contributed by atoms with Crippen LogP contribution in [0.5, 0.6) is 0 Å². The molecule has 21 heavy (non-hydrogen) atoms. The first-order valence-corrected chi connectivity index (χ1v) is 7.95. The molecule has 3 N–H and O–H groups in total. The number of nitrogens with zero attached hydrogens (tertiary/aromatic N) is 1. The number of nitrogens with two attached hydrogens (primary N) is 1. The number of imidazole rings is 1. The molecule has 1 unspecified atom stereocenters. The van der Waals surface area contributed by atoms with Crippen LogP contribution in [-0.2, 0) is 12.8 Å². The molecule has 3 heteroatoms. The summed E-state index contributed by atoms with van der Waals surface area (Å²) in [6.07, 6.45) is 5.08. The Labute approximate surface area is 128 Å². The fraction of sp³-hybridized carbons (Fsp3) is 0.500. The SMILES string of the molecule is CCc1ccc(-c2cnc(CC(CN)CC(C)C)[nH]2)cc1. The van der Waals surface area contributed by atoms with E-state index >= 15 is 0 Å². The summed E-state index contributed by atoms with van der Waals surface area (Å²) in [6, 6.07) is 8.67. The molecular formula is C18H27N3. The van der Waals surface area contributed by atoms with Gasteiger partial charge in [-0.2, -0.15) is 0 Å². The largest absolute Gasteiger partial charge is 0.342 e. The van der Waals surface area contributed by atoms with Gasteiger partial charge in [-0.3, -0.25) is 0 Å². The average molecular weight is 285 g/mol. The van der Waals surface area contributed by atoms with E-state index in [1.54, 1.807) is 0 Å². The van der Waals surface area contributed by atoms with E-state index in [1.165, 1.54) is 11.1 Å². The van der Waals surface area contributed by atoms with Gasteiger partial charge in [-0.05, 0) is 42.3 Å². The first-order valence-electron chi connectivity index (χ1n) is 7.95. The summed E-state index contributed by atoms with van der Waals surface area (Å²) < 4.78 is 0. The summed E-state index contributed by atoms with van der Waals surface area (Å²) in [4.78, 5) is 7.96. The van der Waals surface area contributed by atoms with Crippen molar-refractivity contribution < 1.29 is 0 Å². The van der Waals surface area contributed by atoms with Gasteiger partial charge < -0.3 is 10.7 Å². The molecule has 1 atom stereocenters. The first-order chi connectivity index (χ1) is 10.1. The van der Waals surface area contributed by atoms with Crippen LogP contribution in [0.1, 0.15) is 38.6 Å². The third kappa shape index (κ3) is 4.43. The van der Waals surface area contributed by atoms with Crippen LogP contribution in [0.15, 0.2) is 30.5 Å². The Morgan fingerprint density at radius 2 is 1.90 bits per heavy atom. The number of aryl methyl sites for hydroxylation is 1. The fourth-order valence-corrected chi connectivity index (χ4v) is 2.74. The molecule has 0 saturated carbocycles. The smallest absolute Gasteiger partial charge is 0.106 e. The molecule has 1 aromatic carbocycles. The van der Waals surface area contributed by atoms with Gasteiger partial charge in [-0.15, -0.1) is 0 Å². The molecule has 1 aromatic heterocycles. The van der Waals surface area contributed by atoms with E-state index in [0.717, 1.165) is 37.3 Å². The zero-order valence-corrected chi connectivity index (χ0v) is 13.4. The summed E-state index contributed by atoms with van der Waals surface area (Å²) in [7, 11) is 0. The van der Waals surface area contributed by atoms with Gasteiger partial charge in [0, 0.05) is 6.42 Å². The average Bonchev–Trinajstić information content (AvgIpc) is 2.94. The molecule has 2 rings (SSSR count). The maximum Gasteiger partial charge on any atom is 0.106 e. The lowest BCUT2D eigenvalue weighted by Crippen LogP contribution is -2.19. The van der Waals surface area contributed by atoms with Gasteiger partial charge in [0.1, 0.15) is 5.82 Å². The number of nitrogens with one attached hydrogen (secondary N) is 1. The molecule has 0 aliphatic rings. The van der Waals surface area contributed by atoms with Crippen LogP contribution < -0.4 is 5.73 Å². The van der Waals surface area contributed by atoms with Gasteiger partial charge in [0.25, 0.3) is 0 Å². The molecule has 0 saturated heterocycles. The van der Waals surface area contributed by atoms with Gasteiger partial charge in [-0.25, -0.2) is 4.98 Å². The van der Waals surface area contributed by atoms with Gasteiger partial charge in [-0.1, -0.05) is 45.0 Å². The number of benzene rings is 1. The third-order valence-electron chi connectivity index (χ3n) is 3.92. The normalized spacial score (nSPS) is 12.8. The second-order valence-corrected chi connectivity index (χ2v) is 6.23. The van der Waals surface area contributed by atoms with E-state index in [0.29, 0.717) is 11.8 Å². The van der Waals surface area contributed by atoms with E-state index in [1.807, 2.05) is 6.20 Å². The molecule has 0 aliphatic carbocycles. The lowest BCUT2D eigenvalue weighted by molar-refractivity contribution is 0.409. The van der Waals surface area contributed by atoms with Crippen molar-refractivity contribution in [3.8, 4) is 11.3 Å². The Morgan fingerprint density at radius 1 is 1.19 bits per heavy atom. The number of aromatic nitrogens is 2. The number of aromatic amines is 1. The second kappa shape index (κ2) is 7.41. The van der Waals surface area contributed by atoms with E-state index in [4.69, 9.17) is 5.73 Å². The topological polar surface area (TPSA) is 54.7 Å². The van der Waals surface area contributed by atoms with E-state index < -0.39 is 0 Å². The van der Waals surface area contributed by atoms with Crippen LogP contribution >= 0.6 is 0 Å². The molecule has 1 heterocycles. The summed E-state index contributed by atoms with van der Waals surface area (Å²) in [5.74, 6) is 2.22.